The smallest absolute Gasteiger partial charge is 0.255 e. The number of nitrogens with one attached hydrogen (secondary N) is 2. The van der Waals surface area contributed by atoms with Crippen molar-refractivity contribution >= 4 is 28.9 Å². The summed E-state index contributed by atoms with van der Waals surface area (Å²) in [6.07, 6.45) is 4.85. The molecule has 0 unspecified atom stereocenters. The lowest BCUT2D eigenvalue weighted by Gasteiger charge is -2.23. The minimum Gasteiger partial charge on any atom is -0.440 e. The molecule has 0 bridgehead atoms. The number of rotatable bonds is 5. The summed E-state index contributed by atoms with van der Waals surface area (Å²) in [7, 11) is 1.68. The maximum Gasteiger partial charge on any atom is 0.255 e. The molecule has 2 aromatic rings. The Kier molecular flexibility index (Phi) is 5.40. The molecule has 0 aliphatic carbocycles. The summed E-state index contributed by atoms with van der Waals surface area (Å²) in [5.41, 5.74) is 3.79. The van der Waals surface area contributed by atoms with Crippen LogP contribution in [0, 0.1) is 0 Å². The average molecular weight is 373 g/mol. The zero-order valence-corrected chi connectivity index (χ0v) is 14.7. The fourth-order valence-electron chi connectivity index (χ4n) is 2.35. The number of aromatic nitrogens is 1. The Balaban J connectivity index is 1.73. The predicted molar refractivity (Wildman–Crippen MR) is 99.1 cm³/mol. The molecule has 0 saturated carbocycles. The van der Waals surface area contributed by atoms with Crippen LogP contribution in [0.2, 0.25) is 0 Å². The van der Waals surface area contributed by atoms with Crippen LogP contribution in [-0.2, 0) is 4.79 Å². The first-order valence-electron chi connectivity index (χ1n) is 7.79. The van der Waals surface area contributed by atoms with E-state index in [-0.39, 0.29) is 12.5 Å². The van der Waals surface area contributed by atoms with E-state index >= 15 is 0 Å². The molecule has 1 aliphatic rings. The lowest BCUT2D eigenvalue weighted by molar-refractivity contribution is -0.114. The number of nitrogens with zero attached hydrogens (tertiary/aromatic N) is 2. The Morgan fingerprint density at radius 2 is 2.12 bits per heavy atom. The maximum atomic E-state index is 12.6. The van der Waals surface area contributed by atoms with E-state index in [1.54, 1.807) is 61.9 Å². The number of amides is 1. The normalized spacial score (nSPS) is 13.6. The van der Waals surface area contributed by atoms with Gasteiger partial charge in [-0.3, -0.25) is 20.5 Å². The Bertz CT molecular complexity index is 850. The summed E-state index contributed by atoms with van der Waals surface area (Å²) in [5.74, 6) is 0.721. The van der Waals surface area contributed by atoms with Gasteiger partial charge >= 0.3 is 0 Å². The highest BCUT2D eigenvalue weighted by Crippen LogP contribution is 2.23. The molecule has 1 aromatic carbocycles. The third-order valence-corrected chi connectivity index (χ3v) is 4.05. The minimum absolute atomic E-state index is 0.180. The topological polar surface area (TPSA) is 86.7 Å². The zero-order valence-electron chi connectivity index (χ0n) is 13.9. The van der Waals surface area contributed by atoms with Crippen LogP contribution >= 0.6 is 11.6 Å². The van der Waals surface area contributed by atoms with Gasteiger partial charge in [-0.05, 0) is 42.5 Å². The van der Waals surface area contributed by atoms with E-state index < -0.39 is 0 Å². The fourth-order valence-corrected chi connectivity index (χ4v) is 2.59. The third-order valence-electron chi connectivity index (χ3n) is 3.77. The van der Waals surface area contributed by atoms with Crippen molar-refractivity contribution in [1.29, 1.82) is 0 Å². The number of dihydropyridines is 1. The van der Waals surface area contributed by atoms with Crippen molar-refractivity contribution in [2.45, 2.75) is 0 Å². The Hall–Kier alpha value is -3.03. The minimum atomic E-state index is -0.180. The van der Waals surface area contributed by atoms with E-state index in [1.807, 2.05) is 5.48 Å². The fraction of sp³-hybridized carbons (Fsp3) is 0.111. The molecule has 3 N–H and O–H groups in total. The monoisotopic (exact) mass is 372 g/mol. The van der Waals surface area contributed by atoms with Gasteiger partial charge in [-0.25, -0.2) is 0 Å². The first kappa shape index (κ1) is 17.8. The van der Waals surface area contributed by atoms with Gasteiger partial charge in [0, 0.05) is 25.4 Å². The van der Waals surface area contributed by atoms with Crippen LogP contribution in [-0.4, -0.2) is 29.7 Å². The first-order chi connectivity index (χ1) is 12.6. The number of pyridine rings is 1. The van der Waals surface area contributed by atoms with E-state index in [0.717, 1.165) is 0 Å². The Morgan fingerprint density at radius 1 is 1.35 bits per heavy atom. The SMILES string of the molecule is CN(C(=O)C1=CC(Cl)=C(Oc2ccc(NO)cc2)NC1)c1cccnc1. The van der Waals surface area contributed by atoms with Crippen molar-refractivity contribution in [2.75, 3.05) is 24.0 Å². The summed E-state index contributed by atoms with van der Waals surface area (Å²) < 4.78 is 5.69. The second-order valence-electron chi connectivity index (χ2n) is 5.51. The molecular formula is C18H17ClN4O3. The summed E-state index contributed by atoms with van der Waals surface area (Å²) >= 11 is 6.26. The second kappa shape index (κ2) is 7.90. The van der Waals surface area contributed by atoms with E-state index in [0.29, 0.717) is 33.6 Å². The van der Waals surface area contributed by atoms with E-state index in [4.69, 9.17) is 21.5 Å². The average Bonchev–Trinajstić information content (AvgIpc) is 2.69. The maximum absolute atomic E-state index is 12.6. The highest BCUT2D eigenvalue weighted by atomic mass is 35.5. The number of hydrogen-bond acceptors (Lipinski definition) is 6. The number of likely N-dealkylation sites (N-methyl/N-ethyl adjacent to an activating group) is 1. The molecule has 1 amide bonds. The molecule has 0 spiro atoms. The van der Waals surface area contributed by atoms with Gasteiger partial charge < -0.3 is 15.0 Å². The molecule has 0 atom stereocenters. The van der Waals surface area contributed by atoms with Gasteiger partial charge in [-0.15, -0.1) is 0 Å². The molecule has 7 nitrogen and oxygen atoms in total. The van der Waals surface area contributed by atoms with Crippen molar-refractivity contribution in [2.24, 2.45) is 0 Å². The van der Waals surface area contributed by atoms with Crippen LogP contribution in [0.1, 0.15) is 0 Å². The number of halogens is 1. The van der Waals surface area contributed by atoms with Crippen LogP contribution in [0.25, 0.3) is 0 Å². The lowest BCUT2D eigenvalue weighted by Crippen LogP contribution is -2.35. The van der Waals surface area contributed by atoms with Crippen LogP contribution < -0.4 is 20.4 Å². The van der Waals surface area contributed by atoms with Crippen molar-refractivity contribution in [3.8, 4) is 5.75 Å². The number of ether oxygens (including phenoxy) is 1. The number of carbonyl (C=O) groups excluding carboxylic acids is 1. The Morgan fingerprint density at radius 3 is 2.73 bits per heavy atom. The van der Waals surface area contributed by atoms with Gasteiger partial charge in [0.25, 0.3) is 5.91 Å². The van der Waals surface area contributed by atoms with Crippen molar-refractivity contribution < 1.29 is 14.7 Å². The molecule has 2 heterocycles. The largest absolute Gasteiger partial charge is 0.440 e. The summed E-state index contributed by atoms with van der Waals surface area (Å²) in [4.78, 5) is 18.1. The molecule has 1 aromatic heterocycles. The van der Waals surface area contributed by atoms with Gasteiger partial charge in [-0.2, -0.15) is 0 Å². The Labute approximate surface area is 155 Å². The molecule has 26 heavy (non-hydrogen) atoms. The summed E-state index contributed by atoms with van der Waals surface area (Å²) in [6.45, 7) is 0.283. The summed E-state index contributed by atoms with van der Waals surface area (Å²) in [5, 5.41) is 12.1. The van der Waals surface area contributed by atoms with Gasteiger partial charge in [0.1, 0.15) is 10.8 Å². The van der Waals surface area contributed by atoms with E-state index in [9.17, 15) is 4.79 Å². The highest BCUT2D eigenvalue weighted by Gasteiger charge is 2.22. The van der Waals surface area contributed by atoms with Crippen molar-refractivity contribution in [3.05, 3.63) is 71.4 Å². The van der Waals surface area contributed by atoms with Gasteiger partial charge in [0.05, 0.1) is 17.6 Å². The molecule has 1 aliphatic heterocycles. The predicted octanol–water partition coefficient (Wildman–Crippen LogP) is 2.86. The third kappa shape index (κ3) is 3.96. The molecule has 3 rings (SSSR count). The molecular weight excluding hydrogens is 356 g/mol. The molecule has 8 heteroatoms. The first-order valence-corrected chi connectivity index (χ1v) is 8.16. The molecule has 0 saturated heterocycles. The number of anilines is 2. The number of hydrogen-bond donors (Lipinski definition) is 3. The molecule has 0 radical (unpaired) electrons. The van der Waals surface area contributed by atoms with Gasteiger partial charge in [-0.1, -0.05) is 11.6 Å². The quantitative estimate of drug-likeness (QED) is 0.700. The number of allylic oxidation sites excluding steroid dienone is 2. The van der Waals surface area contributed by atoms with Crippen LogP contribution in [0.15, 0.2) is 71.4 Å². The highest BCUT2D eigenvalue weighted by molar-refractivity contribution is 6.32. The molecule has 0 fully saturated rings. The van der Waals surface area contributed by atoms with E-state index in [2.05, 4.69) is 10.3 Å². The standard InChI is InChI=1S/C18H17ClN4O3/c1-23(14-3-2-8-20-11-14)18(24)12-9-16(19)17(21-10-12)26-15-6-4-13(22-25)5-7-15/h2-9,11,21-22,25H,10H2,1H3. The molecule has 134 valence electrons. The number of carbonyl (C=O) groups is 1. The van der Waals surface area contributed by atoms with Crippen LogP contribution in [0.5, 0.6) is 5.75 Å². The summed E-state index contributed by atoms with van der Waals surface area (Å²) in [6, 6.07) is 10.2. The van der Waals surface area contributed by atoms with E-state index in [1.165, 1.54) is 4.90 Å². The van der Waals surface area contributed by atoms with Crippen LogP contribution in [0.4, 0.5) is 11.4 Å². The van der Waals surface area contributed by atoms with Crippen LogP contribution in [0.3, 0.4) is 0 Å². The van der Waals surface area contributed by atoms with Crippen molar-refractivity contribution in [3.63, 3.8) is 0 Å². The van der Waals surface area contributed by atoms with Gasteiger partial charge in [0.15, 0.2) is 0 Å². The van der Waals surface area contributed by atoms with Crippen molar-refractivity contribution in [1.82, 2.24) is 10.3 Å². The van der Waals surface area contributed by atoms with Gasteiger partial charge in [0.2, 0.25) is 5.88 Å². The number of benzene rings is 1. The lowest BCUT2D eigenvalue weighted by atomic mass is 10.1. The zero-order chi connectivity index (χ0) is 18.5. The second-order valence-corrected chi connectivity index (χ2v) is 5.92.